The fourth-order valence-corrected chi connectivity index (χ4v) is 1.99. The standard InChI is InChI=1S/C12H20N4O2/c1-10-9-11(14-18-10)12(17)15(2)7-8-16-5-3-13-4-6-16/h9,13H,3-8H2,1-2H3. The Morgan fingerprint density at radius 1 is 1.56 bits per heavy atom. The summed E-state index contributed by atoms with van der Waals surface area (Å²) in [7, 11) is 1.80. The van der Waals surface area contributed by atoms with Crippen LogP contribution in [-0.4, -0.2) is 67.2 Å². The molecule has 0 unspecified atom stereocenters. The summed E-state index contributed by atoms with van der Waals surface area (Å²) in [6.07, 6.45) is 0. The Morgan fingerprint density at radius 3 is 2.89 bits per heavy atom. The van der Waals surface area contributed by atoms with Crippen molar-refractivity contribution in [2.24, 2.45) is 0 Å². The Balaban J connectivity index is 1.80. The van der Waals surface area contributed by atoms with Gasteiger partial charge in [0.05, 0.1) is 0 Å². The normalized spacial score (nSPS) is 16.8. The van der Waals surface area contributed by atoms with Crippen molar-refractivity contribution in [1.82, 2.24) is 20.3 Å². The number of hydrogen-bond acceptors (Lipinski definition) is 5. The summed E-state index contributed by atoms with van der Waals surface area (Å²) in [4.78, 5) is 16.1. The summed E-state index contributed by atoms with van der Waals surface area (Å²) in [5.74, 6) is 0.579. The first-order valence-corrected chi connectivity index (χ1v) is 6.28. The van der Waals surface area contributed by atoms with Gasteiger partial charge in [0.1, 0.15) is 5.76 Å². The number of carbonyl (C=O) groups is 1. The fourth-order valence-electron chi connectivity index (χ4n) is 1.99. The number of aryl methyl sites for hydroxylation is 1. The molecular weight excluding hydrogens is 232 g/mol. The molecule has 0 atom stereocenters. The van der Waals surface area contributed by atoms with Gasteiger partial charge in [-0.1, -0.05) is 5.16 Å². The molecule has 100 valence electrons. The molecule has 1 N–H and O–H groups in total. The maximum atomic E-state index is 12.0. The Kier molecular flexibility index (Phi) is 4.33. The molecule has 6 heteroatoms. The third kappa shape index (κ3) is 3.30. The molecule has 6 nitrogen and oxygen atoms in total. The minimum absolute atomic E-state index is 0.0815. The summed E-state index contributed by atoms with van der Waals surface area (Å²) in [6, 6.07) is 1.67. The Bertz CT molecular complexity index is 399. The summed E-state index contributed by atoms with van der Waals surface area (Å²) in [6.45, 7) is 7.55. The summed E-state index contributed by atoms with van der Waals surface area (Å²) >= 11 is 0. The topological polar surface area (TPSA) is 61.6 Å². The van der Waals surface area contributed by atoms with Crippen molar-refractivity contribution in [3.05, 3.63) is 17.5 Å². The quantitative estimate of drug-likeness (QED) is 0.815. The van der Waals surface area contributed by atoms with Crippen LogP contribution in [-0.2, 0) is 0 Å². The van der Waals surface area contributed by atoms with Gasteiger partial charge in [0.2, 0.25) is 0 Å². The number of likely N-dealkylation sites (N-methyl/N-ethyl adjacent to an activating group) is 1. The molecule has 0 radical (unpaired) electrons. The lowest BCUT2D eigenvalue weighted by molar-refractivity contribution is 0.0764. The first-order chi connectivity index (χ1) is 8.66. The highest BCUT2D eigenvalue weighted by Crippen LogP contribution is 2.05. The van der Waals surface area contributed by atoms with E-state index in [1.165, 1.54) is 0 Å². The molecule has 1 saturated heterocycles. The second-order valence-corrected chi connectivity index (χ2v) is 4.64. The van der Waals surface area contributed by atoms with Crippen molar-refractivity contribution in [3.8, 4) is 0 Å². The van der Waals surface area contributed by atoms with Gasteiger partial charge < -0.3 is 14.7 Å². The second kappa shape index (κ2) is 5.97. The van der Waals surface area contributed by atoms with Gasteiger partial charge in [-0.25, -0.2) is 0 Å². The van der Waals surface area contributed by atoms with E-state index in [4.69, 9.17) is 4.52 Å². The van der Waals surface area contributed by atoms with Gasteiger partial charge in [-0.15, -0.1) is 0 Å². The van der Waals surface area contributed by atoms with Gasteiger partial charge in [0.15, 0.2) is 5.69 Å². The van der Waals surface area contributed by atoms with Gasteiger partial charge in [-0.05, 0) is 6.92 Å². The third-order valence-electron chi connectivity index (χ3n) is 3.16. The number of nitrogens with zero attached hydrogens (tertiary/aromatic N) is 3. The van der Waals surface area contributed by atoms with Gasteiger partial charge in [0, 0.05) is 52.4 Å². The molecule has 2 rings (SSSR count). The molecule has 1 aromatic rings. The maximum Gasteiger partial charge on any atom is 0.275 e. The number of amides is 1. The van der Waals surface area contributed by atoms with Crippen LogP contribution in [0.1, 0.15) is 16.2 Å². The largest absolute Gasteiger partial charge is 0.361 e. The number of nitrogens with one attached hydrogen (secondary N) is 1. The molecule has 0 spiro atoms. The highest BCUT2D eigenvalue weighted by atomic mass is 16.5. The van der Waals surface area contributed by atoms with Crippen LogP contribution in [0.3, 0.4) is 0 Å². The van der Waals surface area contributed by atoms with E-state index in [9.17, 15) is 4.79 Å². The van der Waals surface area contributed by atoms with E-state index < -0.39 is 0 Å². The molecule has 1 aliphatic heterocycles. The van der Waals surface area contributed by atoms with Crippen LogP contribution in [0.4, 0.5) is 0 Å². The number of hydrogen-bond donors (Lipinski definition) is 1. The van der Waals surface area contributed by atoms with Crippen LogP contribution in [0.5, 0.6) is 0 Å². The van der Waals surface area contributed by atoms with E-state index in [0.29, 0.717) is 18.0 Å². The summed E-state index contributed by atoms with van der Waals surface area (Å²) in [5, 5.41) is 7.05. The van der Waals surface area contributed by atoms with E-state index in [-0.39, 0.29) is 5.91 Å². The first-order valence-electron chi connectivity index (χ1n) is 6.28. The highest BCUT2D eigenvalue weighted by molar-refractivity contribution is 5.92. The lowest BCUT2D eigenvalue weighted by Gasteiger charge is -2.28. The number of carbonyl (C=O) groups excluding carboxylic acids is 1. The lowest BCUT2D eigenvalue weighted by atomic mass is 10.3. The number of rotatable bonds is 4. The van der Waals surface area contributed by atoms with Crippen LogP contribution < -0.4 is 5.32 Å². The molecule has 18 heavy (non-hydrogen) atoms. The van der Waals surface area contributed by atoms with Crippen molar-refractivity contribution in [2.45, 2.75) is 6.92 Å². The van der Waals surface area contributed by atoms with Gasteiger partial charge in [-0.2, -0.15) is 0 Å². The minimum atomic E-state index is -0.0815. The van der Waals surface area contributed by atoms with Crippen LogP contribution in [0.2, 0.25) is 0 Å². The smallest absolute Gasteiger partial charge is 0.275 e. The van der Waals surface area contributed by atoms with E-state index in [0.717, 1.165) is 32.7 Å². The van der Waals surface area contributed by atoms with Crippen molar-refractivity contribution < 1.29 is 9.32 Å². The average molecular weight is 252 g/mol. The van der Waals surface area contributed by atoms with Crippen molar-refractivity contribution in [1.29, 1.82) is 0 Å². The molecule has 1 aromatic heterocycles. The van der Waals surface area contributed by atoms with E-state index >= 15 is 0 Å². The minimum Gasteiger partial charge on any atom is -0.361 e. The number of aromatic nitrogens is 1. The molecule has 0 aromatic carbocycles. The molecule has 0 aliphatic carbocycles. The van der Waals surface area contributed by atoms with Gasteiger partial charge in [0.25, 0.3) is 5.91 Å². The molecule has 1 amide bonds. The predicted octanol–water partition coefficient (Wildman–Crippen LogP) is -0.0398. The third-order valence-corrected chi connectivity index (χ3v) is 3.16. The Hall–Kier alpha value is -1.40. The molecule has 0 saturated carbocycles. The van der Waals surface area contributed by atoms with E-state index in [1.807, 2.05) is 0 Å². The first kappa shape index (κ1) is 13.0. The maximum absolute atomic E-state index is 12.0. The van der Waals surface area contributed by atoms with E-state index in [2.05, 4.69) is 15.4 Å². The molecule has 1 aliphatic rings. The zero-order valence-corrected chi connectivity index (χ0v) is 11.0. The molecule has 2 heterocycles. The second-order valence-electron chi connectivity index (χ2n) is 4.64. The van der Waals surface area contributed by atoms with Crippen molar-refractivity contribution in [3.63, 3.8) is 0 Å². The Labute approximate surface area is 107 Å². The van der Waals surface area contributed by atoms with E-state index in [1.54, 1.807) is 24.9 Å². The Morgan fingerprint density at radius 2 is 2.28 bits per heavy atom. The molecular formula is C12H20N4O2. The SMILES string of the molecule is Cc1cc(C(=O)N(C)CCN2CCNCC2)no1. The predicted molar refractivity (Wildman–Crippen MR) is 67.5 cm³/mol. The van der Waals surface area contributed by atoms with Crippen LogP contribution in [0.15, 0.2) is 10.6 Å². The van der Waals surface area contributed by atoms with Gasteiger partial charge >= 0.3 is 0 Å². The average Bonchev–Trinajstić information content (AvgIpc) is 2.83. The van der Waals surface area contributed by atoms with Gasteiger partial charge in [-0.3, -0.25) is 9.69 Å². The lowest BCUT2D eigenvalue weighted by Crippen LogP contribution is -2.46. The monoisotopic (exact) mass is 252 g/mol. The molecule has 1 fully saturated rings. The zero-order chi connectivity index (χ0) is 13.0. The number of piperazine rings is 1. The highest BCUT2D eigenvalue weighted by Gasteiger charge is 2.17. The molecule has 0 bridgehead atoms. The van der Waals surface area contributed by atoms with Crippen LogP contribution in [0, 0.1) is 6.92 Å². The van der Waals surface area contributed by atoms with Crippen LogP contribution >= 0.6 is 0 Å². The summed E-state index contributed by atoms with van der Waals surface area (Å²) < 4.78 is 4.91. The fraction of sp³-hybridized carbons (Fsp3) is 0.667. The van der Waals surface area contributed by atoms with Crippen molar-refractivity contribution in [2.75, 3.05) is 46.3 Å². The zero-order valence-electron chi connectivity index (χ0n) is 11.0. The van der Waals surface area contributed by atoms with Crippen LogP contribution in [0.25, 0.3) is 0 Å². The van der Waals surface area contributed by atoms with Crippen molar-refractivity contribution >= 4 is 5.91 Å². The summed E-state index contributed by atoms with van der Waals surface area (Å²) in [5.41, 5.74) is 0.385.